The molecule has 0 bridgehead atoms. The van der Waals surface area contributed by atoms with E-state index in [4.69, 9.17) is 0 Å². The molecule has 4 rings (SSSR count). The van der Waals surface area contributed by atoms with Crippen LogP contribution < -0.4 is 5.32 Å². The van der Waals surface area contributed by atoms with E-state index < -0.39 is 0 Å². The van der Waals surface area contributed by atoms with Crippen LogP contribution in [-0.2, 0) is 7.05 Å². The quantitative estimate of drug-likeness (QED) is 0.941. The summed E-state index contributed by atoms with van der Waals surface area (Å²) in [5, 5.41) is 4.33. The highest BCUT2D eigenvalue weighted by Crippen LogP contribution is 2.30. The van der Waals surface area contributed by atoms with Crippen molar-refractivity contribution in [2.45, 2.75) is 38.1 Å². The van der Waals surface area contributed by atoms with E-state index in [1.165, 1.54) is 45.2 Å². The van der Waals surface area contributed by atoms with E-state index in [1.54, 1.807) is 0 Å². The number of piperidine rings is 2. The lowest BCUT2D eigenvalue weighted by atomic mass is 9.83. The van der Waals surface area contributed by atoms with E-state index >= 15 is 0 Å². The molecule has 0 unspecified atom stereocenters. The van der Waals surface area contributed by atoms with Gasteiger partial charge in [0.25, 0.3) is 5.91 Å². The van der Waals surface area contributed by atoms with Crippen molar-refractivity contribution in [3.05, 3.63) is 36.0 Å². The van der Waals surface area contributed by atoms with E-state index in [0.717, 1.165) is 23.0 Å². The number of hydrogen-bond donors (Lipinski definition) is 1. The SMILES string of the molecule is Cn1ccc2cc(C(=O)NC[C@@H]3CCCN4CCCC[C@@H]34)ccc21. The predicted molar refractivity (Wildman–Crippen MR) is 97.2 cm³/mol. The molecule has 3 heterocycles. The van der Waals surface area contributed by atoms with Crippen LogP contribution in [0.1, 0.15) is 42.5 Å². The van der Waals surface area contributed by atoms with Crippen molar-refractivity contribution in [3.8, 4) is 0 Å². The lowest BCUT2D eigenvalue weighted by Crippen LogP contribution is -2.51. The highest BCUT2D eigenvalue weighted by Gasteiger charge is 2.32. The van der Waals surface area contributed by atoms with Crippen molar-refractivity contribution < 1.29 is 4.79 Å². The number of carbonyl (C=O) groups excluding carboxylic acids is 1. The number of nitrogens with zero attached hydrogens (tertiary/aromatic N) is 2. The Morgan fingerprint density at radius 1 is 1.17 bits per heavy atom. The molecule has 2 aliphatic heterocycles. The minimum absolute atomic E-state index is 0.0636. The Kier molecular flexibility index (Phi) is 4.31. The average Bonchev–Trinajstić information content (AvgIpc) is 3.00. The maximum atomic E-state index is 12.6. The van der Waals surface area contributed by atoms with Gasteiger partial charge in [-0.25, -0.2) is 0 Å². The fourth-order valence-corrected chi connectivity index (χ4v) is 4.56. The Morgan fingerprint density at radius 3 is 2.96 bits per heavy atom. The van der Waals surface area contributed by atoms with Crippen LogP contribution in [0, 0.1) is 5.92 Å². The molecule has 2 aromatic rings. The van der Waals surface area contributed by atoms with Crippen LogP contribution in [0.2, 0.25) is 0 Å². The van der Waals surface area contributed by atoms with Gasteiger partial charge in [-0.1, -0.05) is 6.42 Å². The molecule has 0 aliphatic carbocycles. The Balaban J connectivity index is 1.41. The summed E-state index contributed by atoms with van der Waals surface area (Å²) >= 11 is 0. The van der Waals surface area contributed by atoms with Crippen molar-refractivity contribution in [2.24, 2.45) is 13.0 Å². The van der Waals surface area contributed by atoms with Gasteiger partial charge in [0, 0.05) is 42.3 Å². The molecule has 2 aliphatic rings. The molecule has 4 nitrogen and oxygen atoms in total. The van der Waals surface area contributed by atoms with Crippen LogP contribution in [0.5, 0.6) is 0 Å². The van der Waals surface area contributed by atoms with Gasteiger partial charge in [0.2, 0.25) is 0 Å². The molecule has 1 aromatic carbocycles. The fourth-order valence-electron chi connectivity index (χ4n) is 4.56. The number of amides is 1. The Morgan fingerprint density at radius 2 is 2.04 bits per heavy atom. The van der Waals surface area contributed by atoms with Gasteiger partial charge in [-0.3, -0.25) is 4.79 Å². The van der Waals surface area contributed by atoms with E-state index in [2.05, 4.69) is 20.9 Å². The third-order valence-electron chi connectivity index (χ3n) is 5.90. The number of nitrogens with one attached hydrogen (secondary N) is 1. The van der Waals surface area contributed by atoms with Gasteiger partial charge in [0.15, 0.2) is 0 Å². The van der Waals surface area contributed by atoms with Gasteiger partial charge in [-0.2, -0.15) is 0 Å². The normalized spacial score (nSPS) is 24.7. The van der Waals surface area contributed by atoms with Crippen molar-refractivity contribution in [1.82, 2.24) is 14.8 Å². The Hall–Kier alpha value is -1.81. The standard InChI is InChI=1S/C20H27N3O/c1-22-12-9-15-13-16(7-8-18(15)22)20(24)21-14-17-5-4-11-23-10-3-2-6-19(17)23/h7-9,12-13,17,19H,2-6,10-11,14H2,1H3,(H,21,24)/t17-,19-/m0/s1. The first-order valence-corrected chi connectivity index (χ1v) is 9.30. The van der Waals surface area contributed by atoms with Gasteiger partial charge >= 0.3 is 0 Å². The molecule has 128 valence electrons. The average molecular weight is 325 g/mol. The predicted octanol–water partition coefficient (Wildman–Crippen LogP) is 3.17. The number of benzene rings is 1. The van der Waals surface area contributed by atoms with E-state index in [0.29, 0.717) is 12.0 Å². The molecule has 2 saturated heterocycles. The van der Waals surface area contributed by atoms with Crippen LogP contribution in [0.3, 0.4) is 0 Å². The van der Waals surface area contributed by atoms with Crippen LogP contribution in [0.15, 0.2) is 30.5 Å². The highest BCUT2D eigenvalue weighted by atomic mass is 16.1. The minimum Gasteiger partial charge on any atom is -0.352 e. The maximum absolute atomic E-state index is 12.6. The zero-order valence-corrected chi connectivity index (χ0v) is 14.5. The Labute approximate surface area is 143 Å². The summed E-state index contributed by atoms with van der Waals surface area (Å²) in [6.07, 6.45) is 8.54. The van der Waals surface area contributed by atoms with Crippen molar-refractivity contribution in [1.29, 1.82) is 0 Å². The van der Waals surface area contributed by atoms with Gasteiger partial charge in [-0.05, 0) is 69.0 Å². The second-order valence-corrected chi connectivity index (χ2v) is 7.41. The van der Waals surface area contributed by atoms with Crippen LogP contribution in [0.4, 0.5) is 0 Å². The number of carbonyl (C=O) groups is 1. The zero-order valence-electron chi connectivity index (χ0n) is 14.5. The molecule has 1 aromatic heterocycles. The van der Waals surface area contributed by atoms with Gasteiger partial charge in [-0.15, -0.1) is 0 Å². The number of aryl methyl sites for hydroxylation is 1. The first-order valence-electron chi connectivity index (χ1n) is 9.30. The van der Waals surface area contributed by atoms with Crippen molar-refractivity contribution in [2.75, 3.05) is 19.6 Å². The molecule has 0 saturated carbocycles. The smallest absolute Gasteiger partial charge is 0.251 e. The molecule has 1 amide bonds. The van der Waals surface area contributed by atoms with E-state index in [9.17, 15) is 4.79 Å². The number of rotatable bonds is 3. The summed E-state index contributed by atoms with van der Waals surface area (Å²) in [4.78, 5) is 15.2. The summed E-state index contributed by atoms with van der Waals surface area (Å²) in [5.41, 5.74) is 1.93. The molecular weight excluding hydrogens is 298 g/mol. The summed E-state index contributed by atoms with van der Waals surface area (Å²) < 4.78 is 2.08. The first kappa shape index (κ1) is 15.7. The largest absolute Gasteiger partial charge is 0.352 e. The van der Waals surface area contributed by atoms with Crippen molar-refractivity contribution >= 4 is 16.8 Å². The molecule has 0 spiro atoms. The molecule has 1 N–H and O–H groups in total. The van der Waals surface area contributed by atoms with Crippen molar-refractivity contribution in [3.63, 3.8) is 0 Å². The molecule has 0 radical (unpaired) electrons. The summed E-state index contributed by atoms with van der Waals surface area (Å²) in [6.45, 7) is 3.31. The second kappa shape index (κ2) is 6.60. The summed E-state index contributed by atoms with van der Waals surface area (Å²) in [6, 6.07) is 8.72. The number of hydrogen-bond acceptors (Lipinski definition) is 2. The lowest BCUT2D eigenvalue weighted by molar-refractivity contribution is 0.0575. The Bertz CT molecular complexity index is 734. The second-order valence-electron chi connectivity index (χ2n) is 7.41. The van der Waals surface area contributed by atoms with Gasteiger partial charge < -0.3 is 14.8 Å². The highest BCUT2D eigenvalue weighted by molar-refractivity contribution is 5.98. The topological polar surface area (TPSA) is 37.3 Å². The summed E-state index contributed by atoms with van der Waals surface area (Å²) in [5.74, 6) is 0.678. The third-order valence-corrected chi connectivity index (χ3v) is 5.90. The van der Waals surface area contributed by atoms with Crippen LogP contribution in [0.25, 0.3) is 10.9 Å². The minimum atomic E-state index is 0.0636. The van der Waals surface area contributed by atoms with E-state index in [-0.39, 0.29) is 5.91 Å². The monoisotopic (exact) mass is 325 g/mol. The molecule has 4 heteroatoms. The van der Waals surface area contributed by atoms with Gasteiger partial charge in [0.1, 0.15) is 0 Å². The number of aromatic nitrogens is 1. The summed E-state index contributed by atoms with van der Waals surface area (Å²) in [7, 11) is 2.03. The van der Waals surface area contributed by atoms with Crippen LogP contribution >= 0.6 is 0 Å². The molecular formula is C20H27N3O. The van der Waals surface area contributed by atoms with Gasteiger partial charge in [0.05, 0.1) is 0 Å². The fraction of sp³-hybridized carbons (Fsp3) is 0.550. The maximum Gasteiger partial charge on any atom is 0.251 e. The number of fused-ring (bicyclic) bond motifs is 2. The molecule has 2 fully saturated rings. The zero-order chi connectivity index (χ0) is 16.5. The molecule has 2 atom stereocenters. The van der Waals surface area contributed by atoms with E-state index in [1.807, 2.05) is 31.4 Å². The lowest BCUT2D eigenvalue weighted by Gasteiger charge is -2.44. The third kappa shape index (κ3) is 2.95. The van der Waals surface area contributed by atoms with Crippen LogP contribution in [-0.4, -0.2) is 41.1 Å². The molecule has 24 heavy (non-hydrogen) atoms. The first-order chi connectivity index (χ1) is 11.7.